The lowest BCUT2D eigenvalue weighted by atomic mass is 9.57. The molecule has 17 heavy (non-hydrogen) atoms. The number of hydrogen-bond acceptors (Lipinski definition) is 4. The molecule has 4 heteroatoms. The number of allylic oxidation sites excluding steroid dienone is 1. The minimum Gasteiger partial charge on any atom is -0.347 e. The summed E-state index contributed by atoms with van der Waals surface area (Å²) < 4.78 is 12.2. The van der Waals surface area contributed by atoms with E-state index in [1.54, 1.807) is 0 Å². The Labute approximate surface area is 98.9 Å². The topological polar surface area (TPSA) is 50.7 Å². The summed E-state index contributed by atoms with van der Waals surface area (Å²) in [5.41, 5.74) is 5.14. The fraction of sp³-hybridized carbons (Fsp3) is 0.846. The maximum absolute atomic E-state index is 9.42. The standard InChI is InChI=1S/C13H15NO3/c15-14-12-8-4-3-5-7-6(4)9(12)11(7)13(10(5)8)16-1-2-17-13/h4-7,9-11,14-15H,1-3H2/t4-,5?,6-,7?,9-,10-,11+/m1/s1. The van der Waals surface area contributed by atoms with Gasteiger partial charge in [-0.05, 0) is 35.7 Å². The number of hydroxylamine groups is 1. The Morgan fingerprint density at radius 1 is 1.24 bits per heavy atom. The molecule has 5 fully saturated rings. The molecular formula is C13H15NO3. The monoisotopic (exact) mass is 233 g/mol. The van der Waals surface area contributed by atoms with Gasteiger partial charge in [0.15, 0.2) is 5.79 Å². The predicted octanol–water partition coefficient (Wildman–Crippen LogP) is 0.734. The molecule has 90 valence electrons. The molecule has 4 saturated carbocycles. The molecule has 0 aromatic rings. The van der Waals surface area contributed by atoms with Crippen molar-refractivity contribution in [2.45, 2.75) is 12.2 Å². The summed E-state index contributed by atoms with van der Waals surface area (Å²) in [6.07, 6.45) is 1.32. The number of ether oxygens (including phenoxy) is 2. The van der Waals surface area contributed by atoms with Gasteiger partial charge >= 0.3 is 0 Å². The molecule has 0 radical (unpaired) electrons. The fourth-order valence-corrected chi connectivity index (χ4v) is 6.77. The normalized spacial score (nSPS) is 62.1. The molecule has 0 aromatic carbocycles. The minimum absolute atomic E-state index is 0.280. The van der Waals surface area contributed by atoms with Crippen molar-refractivity contribution in [1.29, 1.82) is 0 Å². The number of hydrogen-bond donors (Lipinski definition) is 2. The molecule has 4 nitrogen and oxygen atoms in total. The van der Waals surface area contributed by atoms with E-state index < -0.39 is 0 Å². The summed E-state index contributed by atoms with van der Waals surface area (Å²) in [6.45, 7) is 1.51. The zero-order valence-corrected chi connectivity index (χ0v) is 9.43. The van der Waals surface area contributed by atoms with E-state index in [-0.39, 0.29) is 5.79 Å². The SMILES string of the molecule is ONC1=C2[C@@H]3CC4C5[C@@H]3[C@@H]1[C@H]5C1(OCCO1)[C@@H]24. The zero-order chi connectivity index (χ0) is 10.9. The molecule has 2 bridgehead atoms. The third kappa shape index (κ3) is 0.560. The van der Waals surface area contributed by atoms with Crippen LogP contribution in [-0.4, -0.2) is 24.2 Å². The maximum atomic E-state index is 9.42. The van der Waals surface area contributed by atoms with Crippen LogP contribution >= 0.6 is 0 Å². The Kier molecular flexibility index (Phi) is 1.09. The van der Waals surface area contributed by atoms with Gasteiger partial charge in [-0.25, -0.2) is 0 Å². The Balaban J connectivity index is 1.66. The molecule has 1 aliphatic heterocycles. The molecule has 1 saturated heterocycles. The third-order valence-electron chi connectivity index (χ3n) is 6.71. The molecule has 0 aromatic heterocycles. The molecule has 1 heterocycles. The van der Waals surface area contributed by atoms with Crippen molar-refractivity contribution in [1.82, 2.24) is 5.48 Å². The van der Waals surface area contributed by atoms with Gasteiger partial charge in [0.05, 0.1) is 13.2 Å². The largest absolute Gasteiger partial charge is 0.347 e. The summed E-state index contributed by atoms with van der Waals surface area (Å²) in [5, 5.41) is 9.42. The van der Waals surface area contributed by atoms with Crippen molar-refractivity contribution in [2.75, 3.05) is 13.2 Å². The highest BCUT2D eigenvalue weighted by molar-refractivity contribution is 5.50. The van der Waals surface area contributed by atoms with Crippen molar-refractivity contribution >= 4 is 0 Å². The average molecular weight is 233 g/mol. The molecule has 0 amide bonds. The molecule has 6 rings (SSSR count). The molecule has 1 spiro atoms. The van der Waals surface area contributed by atoms with Crippen LogP contribution in [0.25, 0.3) is 0 Å². The summed E-state index contributed by atoms with van der Waals surface area (Å²) in [6, 6.07) is 0. The highest BCUT2D eigenvalue weighted by Gasteiger charge is 2.86. The van der Waals surface area contributed by atoms with E-state index in [2.05, 4.69) is 5.48 Å². The van der Waals surface area contributed by atoms with Crippen LogP contribution in [0, 0.1) is 41.4 Å². The smallest absolute Gasteiger partial charge is 0.179 e. The van der Waals surface area contributed by atoms with Gasteiger partial charge in [0.25, 0.3) is 0 Å². The van der Waals surface area contributed by atoms with Crippen LogP contribution in [0.5, 0.6) is 0 Å². The van der Waals surface area contributed by atoms with E-state index in [4.69, 9.17) is 9.47 Å². The molecule has 6 aliphatic rings. The lowest BCUT2D eigenvalue weighted by Gasteiger charge is -2.50. The van der Waals surface area contributed by atoms with Crippen molar-refractivity contribution in [3.8, 4) is 0 Å². The average Bonchev–Trinajstić information content (AvgIpc) is 2.95. The molecule has 2 unspecified atom stereocenters. The van der Waals surface area contributed by atoms with Crippen LogP contribution in [0.4, 0.5) is 0 Å². The molecule has 5 aliphatic carbocycles. The first kappa shape index (κ1) is 8.51. The van der Waals surface area contributed by atoms with Gasteiger partial charge in [-0.1, -0.05) is 0 Å². The van der Waals surface area contributed by atoms with Gasteiger partial charge in [0, 0.05) is 23.5 Å². The van der Waals surface area contributed by atoms with E-state index in [0.717, 1.165) is 42.6 Å². The highest BCUT2D eigenvalue weighted by atomic mass is 16.7. The Morgan fingerprint density at radius 3 is 2.82 bits per heavy atom. The van der Waals surface area contributed by atoms with Crippen molar-refractivity contribution in [2.24, 2.45) is 41.4 Å². The summed E-state index contributed by atoms with van der Waals surface area (Å²) in [4.78, 5) is 0. The van der Waals surface area contributed by atoms with Gasteiger partial charge in [-0.2, -0.15) is 0 Å². The second kappa shape index (κ2) is 2.17. The Morgan fingerprint density at radius 2 is 2.06 bits per heavy atom. The van der Waals surface area contributed by atoms with Crippen LogP contribution in [0.15, 0.2) is 11.3 Å². The minimum atomic E-state index is -0.280. The number of rotatable bonds is 1. The van der Waals surface area contributed by atoms with E-state index in [1.807, 2.05) is 0 Å². The second-order valence-corrected chi connectivity index (χ2v) is 6.59. The van der Waals surface area contributed by atoms with Crippen LogP contribution in [0.2, 0.25) is 0 Å². The second-order valence-electron chi connectivity index (χ2n) is 6.59. The van der Waals surface area contributed by atoms with Gasteiger partial charge in [0.2, 0.25) is 0 Å². The Bertz CT molecular complexity index is 481. The molecular weight excluding hydrogens is 218 g/mol. The maximum Gasteiger partial charge on any atom is 0.179 e. The van der Waals surface area contributed by atoms with Crippen molar-refractivity contribution < 1.29 is 14.7 Å². The van der Waals surface area contributed by atoms with E-state index in [9.17, 15) is 5.21 Å². The fourth-order valence-electron chi connectivity index (χ4n) is 6.77. The molecule has 2 N–H and O–H groups in total. The van der Waals surface area contributed by atoms with Crippen LogP contribution in [-0.2, 0) is 9.47 Å². The highest BCUT2D eigenvalue weighted by Crippen LogP contribution is 2.85. The van der Waals surface area contributed by atoms with Crippen LogP contribution in [0.1, 0.15) is 6.42 Å². The third-order valence-corrected chi connectivity index (χ3v) is 6.71. The summed E-state index contributed by atoms with van der Waals surface area (Å²) >= 11 is 0. The molecule has 7 atom stereocenters. The van der Waals surface area contributed by atoms with Crippen LogP contribution in [0.3, 0.4) is 0 Å². The summed E-state index contributed by atoms with van der Waals surface area (Å²) in [5.74, 6) is 4.35. The van der Waals surface area contributed by atoms with Crippen LogP contribution < -0.4 is 5.48 Å². The van der Waals surface area contributed by atoms with Crippen molar-refractivity contribution in [3.05, 3.63) is 11.3 Å². The first-order valence-corrected chi connectivity index (χ1v) is 6.80. The summed E-state index contributed by atoms with van der Waals surface area (Å²) in [7, 11) is 0. The van der Waals surface area contributed by atoms with E-state index in [1.165, 1.54) is 12.0 Å². The van der Waals surface area contributed by atoms with Gasteiger partial charge < -0.3 is 9.47 Å². The predicted molar refractivity (Wildman–Crippen MR) is 55.6 cm³/mol. The number of nitrogens with one attached hydrogen (secondary N) is 1. The quantitative estimate of drug-likeness (QED) is 0.656. The van der Waals surface area contributed by atoms with E-state index >= 15 is 0 Å². The van der Waals surface area contributed by atoms with Gasteiger partial charge in [0.1, 0.15) is 0 Å². The first-order chi connectivity index (χ1) is 8.38. The van der Waals surface area contributed by atoms with Gasteiger partial charge in [-0.15, -0.1) is 0 Å². The van der Waals surface area contributed by atoms with Crippen molar-refractivity contribution in [3.63, 3.8) is 0 Å². The van der Waals surface area contributed by atoms with E-state index in [0.29, 0.717) is 17.8 Å². The lowest BCUT2D eigenvalue weighted by Crippen LogP contribution is -2.55. The zero-order valence-electron chi connectivity index (χ0n) is 9.43. The lowest BCUT2D eigenvalue weighted by molar-refractivity contribution is -0.240. The number of fused-ring (bicyclic) bond motifs is 4. The first-order valence-electron chi connectivity index (χ1n) is 6.80. The Hall–Kier alpha value is -0.580. The van der Waals surface area contributed by atoms with Gasteiger partial charge in [-0.3, -0.25) is 10.7 Å².